The molecule has 84 valence electrons. The number of aliphatic hydroxyl groups excluding tert-OH is 1. The van der Waals surface area contributed by atoms with Gasteiger partial charge in [0.2, 0.25) is 0 Å². The monoisotopic (exact) mass is 203 g/mol. The highest BCUT2D eigenvalue weighted by atomic mass is 16.5. The minimum Gasteiger partial charge on any atom is -0.464 e. The van der Waals surface area contributed by atoms with Gasteiger partial charge < -0.3 is 15.6 Å². The number of rotatable bonds is 8. The Bertz CT molecular complexity index is 150. The SMILES string of the molecule is CCCCCCCOC(=O)C(O)CN. The predicted octanol–water partition coefficient (Wildman–Crippen LogP) is 0.820. The number of carbonyl (C=O) groups excluding carboxylic acids is 1. The van der Waals surface area contributed by atoms with Crippen molar-refractivity contribution in [2.45, 2.75) is 45.1 Å². The van der Waals surface area contributed by atoms with Crippen LogP contribution in [0.2, 0.25) is 0 Å². The van der Waals surface area contributed by atoms with E-state index in [2.05, 4.69) is 6.92 Å². The number of aliphatic hydroxyl groups is 1. The van der Waals surface area contributed by atoms with Crippen molar-refractivity contribution in [2.24, 2.45) is 5.73 Å². The van der Waals surface area contributed by atoms with Crippen LogP contribution in [0.5, 0.6) is 0 Å². The Kier molecular flexibility index (Phi) is 8.57. The highest BCUT2D eigenvalue weighted by Crippen LogP contribution is 2.02. The van der Waals surface area contributed by atoms with E-state index in [-0.39, 0.29) is 6.54 Å². The largest absolute Gasteiger partial charge is 0.464 e. The number of carbonyl (C=O) groups is 1. The second kappa shape index (κ2) is 8.97. The molecule has 0 heterocycles. The van der Waals surface area contributed by atoms with Gasteiger partial charge in [0.25, 0.3) is 0 Å². The number of hydrogen-bond donors (Lipinski definition) is 2. The van der Waals surface area contributed by atoms with Crippen LogP contribution < -0.4 is 5.73 Å². The molecule has 0 aromatic carbocycles. The van der Waals surface area contributed by atoms with E-state index in [9.17, 15) is 4.79 Å². The molecule has 0 saturated carbocycles. The average Bonchev–Trinajstić information content (AvgIpc) is 2.21. The van der Waals surface area contributed by atoms with E-state index < -0.39 is 12.1 Å². The Balaban J connectivity index is 3.23. The molecule has 0 bridgehead atoms. The van der Waals surface area contributed by atoms with Gasteiger partial charge in [0.15, 0.2) is 6.10 Å². The van der Waals surface area contributed by atoms with Gasteiger partial charge in [-0.25, -0.2) is 4.79 Å². The molecule has 0 aromatic heterocycles. The van der Waals surface area contributed by atoms with Gasteiger partial charge in [-0.15, -0.1) is 0 Å². The van der Waals surface area contributed by atoms with E-state index in [1.165, 1.54) is 19.3 Å². The fourth-order valence-corrected chi connectivity index (χ4v) is 1.07. The quantitative estimate of drug-likeness (QED) is 0.452. The van der Waals surface area contributed by atoms with E-state index in [4.69, 9.17) is 15.6 Å². The van der Waals surface area contributed by atoms with E-state index in [0.717, 1.165) is 12.8 Å². The van der Waals surface area contributed by atoms with Gasteiger partial charge in [-0.2, -0.15) is 0 Å². The van der Waals surface area contributed by atoms with Crippen molar-refractivity contribution in [1.82, 2.24) is 0 Å². The standard InChI is InChI=1S/C10H21NO3/c1-2-3-4-5-6-7-14-10(13)9(12)8-11/h9,12H,2-8,11H2,1H3. The maximum Gasteiger partial charge on any atom is 0.336 e. The Labute approximate surface area is 85.4 Å². The summed E-state index contributed by atoms with van der Waals surface area (Å²) in [6.07, 6.45) is 4.37. The lowest BCUT2D eigenvalue weighted by molar-refractivity contribution is -0.153. The van der Waals surface area contributed by atoms with Crippen LogP contribution in [0.3, 0.4) is 0 Å². The van der Waals surface area contributed by atoms with Crippen LogP contribution in [-0.2, 0) is 9.53 Å². The highest BCUT2D eigenvalue weighted by Gasteiger charge is 2.13. The van der Waals surface area contributed by atoms with Crippen molar-refractivity contribution in [2.75, 3.05) is 13.2 Å². The molecule has 0 aliphatic carbocycles. The van der Waals surface area contributed by atoms with Crippen molar-refractivity contribution >= 4 is 5.97 Å². The molecule has 3 N–H and O–H groups in total. The molecule has 4 nitrogen and oxygen atoms in total. The summed E-state index contributed by atoms with van der Waals surface area (Å²) >= 11 is 0. The summed E-state index contributed by atoms with van der Waals surface area (Å²) in [7, 11) is 0. The van der Waals surface area contributed by atoms with Gasteiger partial charge in [-0.1, -0.05) is 32.6 Å². The van der Waals surface area contributed by atoms with Crippen molar-refractivity contribution in [3.8, 4) is 0 Å². The smallest absolute Gasteiger partial charge is 0.336 e. The minimum absolute atomic E-state index is 0.0747. The number of ether oxygens (including phenoxy) is 1. The van der Waals surface area contributed by atoms with E-state index in [0.29, 0.717) is 6.61 Å². The van der Waals surface area contributed by atoms with Crippen molar-refractivity contribution < 1.29 is 14.6 Å². The first-order chi connectivity index (χ1) is 6.72. The zero-order valence-corrected chi connectivity index (χ0v) is 8.87. The zero-order valence-electron chi connectivity index (χ0n) is 8.87. The van der Waals surface area contributed by atoms with Crippen molar-refractivity contribution in [3.05, 3.63) is 0 Å². The van der Waals surface area contributed by atoms with Gasteiger partial charge in [0.05, 0.1) is 6.61 Å². The Morgan fingerprint density at radius 3 is 2.57 bits per heavy atom. The van der Waals surface area contributed by atoms with Crippen LogP contribution in [0.15, 0.2) is 0 Å². The van der Waals surface area contributed by atoms with Crippen LogP contribution in [0.25, 0.3) is 0 Å². The van der Waals surface area contributed by atoms with E-state index in [1.807, 2.05) is 0 Å². The van der Waals surface area contributed by atoms with Crippen LogP contribution >= 0.6 is 0 Å². The lowest BCUT2D eigenvalue weighted by atomic mass is 10.2. The molecule has 0 fully saturated rings. The zero-order chi connectivity index (χ0) is 10.8. The topological polar surface area (TPSA) is 72.5 Å². The maximum atomic E-state index is 10.9. The molecule has 1 unspecified atom stereocenters. The van der Waals surface area contributed by atoms with Crippen LogP contribution in [0.4, 0.5) is 0 Å². The third-order valence-electron chi connectivity index (χ3n) is 1.99. The molecule has 0 saturated heterocycles. The van der Waals surface area contributed by atoms with Crippen molar-refractivity contribution in [3.63, 3.8) is 0 Å². The Morgan fingerprint density at radius 2 is 2.00 bits per heavy atom. The molecular formula is C10H21NO3. The second-order valence-electron chi connectivity index (χ2n) is 3.33. The summed E-state index contributed by atoms with van der Waals surface area (Å²) in [4.78, 5) is 10.9. The molecule has 4 heteroatoms. The third kappa shape index (κ3) is 6.86. The molecule has 0 spiro atoms. The summed E-state index contributed by atoms with van der Waals surface area (Å²) in [5.41, 5.74) is 5.09. The molecule has 0 aromatic rings. The third-order valence-corrected chi connectivity index (χ3v) is 1.99. The predicted molar refractivity (Wildman–Crippen MR) is 54.8 cm³/mol. The first-order valence-electron chi connectivity index (χ1n) is 5.27. The lowest BCUT2D eigenvalue weighted by Crippen LogP contribution is -2.31. The van der Waals surface area contributed by atoms with Gasteiger partial charge in [0, 0.05) is 6.54 Å². The Hall–Kier alpha value is -0.610. The first kappa shape index (κ1) is 13.4. The number of unbranched alkanes of at least 4 members (excludes halogenated alkanes) is 4. The summed E-state index contributed by atoms with van der Waals surface area (Å²) in [6, 6.07) is 0. The van der Waals surface area contributed by atoms with E-state index >= 15 is 0 Å². The normalized spacial score (nSPS) is 12.5. The summed E-state index contributed by atoms with van der Waals surface area (Å²) in [5, 5.41) is 8.97. The second-order valence-corrected chi connectivity index (χ2v) is 3.33. The molecule has 0 aliphatic rings. The molecule has 1 atom stereocenters. The minimum atomic E-state index is -1.16. The fraction of sp³-hybridized carbons (Fsp3) is 0.900. The number of esters is 1. The first-order valence-corrected chi connectivity index (χ1v) is 5.27. The highest BCUT2D eigenvalue weighted by molar-refractivity contribution is 5.74. The number of nitrogens with two attached hydrogens (primary N) is 1. The van der Waals surface area contributed by atoms with E-state index in [1.54, 1.807) is 0 Å². The summed E-state index contributed by atoms with van der Waals surface area (Å²) in [6.45, 7) is 2.46. The molecule has 0 amide bonds. The summed E-state index contributed by atoms with van der Waals surface area (Å²) < 4.78 is 4.81. The van der Waals surface area contributed by atoms with Gasteiger partial charge in [-0.3, -0.25) is 0 Å². The Morgan fingerprint density at radius 1 is 1.36 bits per heavy atom. The fourth-order valence-electron chi connectivity index (χ4n) is 1.07. The molecular weight excluding hydrogens is 182 g/mol. The lowest BCUT2D eigenvalue weighted by Gasteiger charge is -2.07. The molecule has 0 radical (unpaired) electrons. The summed E-state index contributed by atoms with van der Waals surface area (Å²) in [5.74, 6) is -0.608. The number of hydrogen-bond acceptors (Lipinski definition) is 4. The molecule has 0 rings (SSSR count). The van der Waals surface area contributed by atoms with Crippen LogP contribution in [0.1, 0.15) is 39.0 Å². The molecule has 0 aliphatic heterocycles. The van der Waals surface area contributed by atoms with Gasteiger partial charge in [-0.05, 0) is 6.42 Å². The van der Waals surface area contributed by atoms with Crippen LogP contribution in [0, 0.1) is 0 Å². The van der Waals surface area contributed by atoms with Gasteiger partial charge >= 0.3 is 5.97 Å². The average molecular weight is 203 g/mol. The van der Waals surface area contributed by atoms with Crippen molar-refractivity contribution in [1.29, 1.82) is 0 Å². The van der Waals surface area contributed by atoms with Crippen LogP contribution in [-0.4, -0.2) is 30.3 Å². The maximum absolute atomic E-state index is 10.9. The van der Waals surface area contributed by atoms with Gasteiger partial charge in [0.1, 0.15) is 0 Å². The molecule has 14 heavy (non-hydrogen) atoms.